The lowest BCUT2D eigenvalue weighted by Crippen LogP contribution is -2.42. The lowest BCUT2D eigenvalue weighted by Gasteiger charge is -2.33. The summed E-state index contributed by atoms with van der Waals surface area (Å²) in [5, 5.41) is 3.17. The van der Waals surface area contributed by atoms with Crippen molar-refractivity contribution in [3.8, 4) is 0 Å². The van der Waals surface area contributed by atoms with Gasteiger partial charge in [0.1, 0.15) is 6.29 Å². The standard InChI is InChI=1S/C12H19NO2/c14-8-4-5-10-9-12(13-11(10)15)6-2-1-3-7-12/h8,10H,1-7,9H2,(H,13,15). The maximum atomic E-state index is 11.7. The van der Waals surface area contributed by atoms with Gasteiger partial charge in [0.2, 0.25) is 5.91 Å². The van der Waals surface area contributed by atoms with E-state index in [9.17, 15) is 9.59 Å². The van der Waals surface area contributed by atoms with Crippen LogP contribution in [0.5, 0.6) is 0 Å². The Balaban J connectivity index is 1.95. The van der Waals surface area contributed by atoms with Crippen molar-refractivity contribution in [1.82, 2.24) is 5.32 Å². The van der Waals surface area contributed by atoms with E-state index < -0.39 is 0 Å². The van der Waals surface area contributed by atoms with Crippen LogP contribution in [0.2, 0.25) is 0 Å². The van der Waals surface area contributed by atoms with E-state index in [1.165, 1.54) is 19.3 Å². The molecule has 1 saturated heterocycles. The second kappa shape index (κ2) is 4.33. The highest BCUT2D eigenvalue weighted by Crippen LogP contribution is 2.39. The highest BCUT2D eigenvalue weighted by atomic mass is 16.2. The predicted molar refractivity (Wildman–Crippen MR) is 57.4 cm³/mol. The van der Waals surface area contributed by atoms with Gasteiger partial charge in [-0.1, -0.05) is 19.3 Å². The summed E-state index contributed by atoms with van der Waals surface area (Å²) in [5.41, 5.74) is 0.100. The van der Waals surface area contributed by atoms with Gasteiger partial charge < -0.3 is 10.1 Å². The lowest BCUT2D eigenvalue weighted by atomic mass is 9.78. The van der Waals surface area contributed by atoms with Crippen molar-refractivity contribution in [3.63, 3.8) is 0 Å². The van der Waals surface area contributed by atoms with Gasteiger partial charge in [-0.15, -0.1) is 0 Å². The first-order chi connectivity index (χ1) is 7.26. The molecular formula is C12H19NO2. The predicted octanol–water partition coefficient (Wildman–Crippen LogP) is 1.80. The van der Waals surface area contributed by atoms with Crippen molar-refractivity contribution in [2.75, 3.05) is 0 Å². The maximum Gasteiger partial charge on any atom is 0.223 e. The summed E-state index contributed by atoms with van der Waals surface area (Å²) < 4.78 is 0. The molecule has 1 aliphatic carbocycles. The van der Waals surface area contributed by atoms with E-state index >= 15 is 0 Å². The Morgan fingerprint density at radius 2 is 2.07 bits per heavy atom. The van der Waals surface area contributed by atoms with Gasteiger partial charge in [0.25, 0.3) is 0 Å². The van der Waals surface area contributed by atoms with E-state index in [1.807, 2.05) is 0 Å². The fourth-order valence-corrected chi connectivity index (χ4v) is 3.04. The van der Waals surface area contributed by atoms with Crippen LogP contribution in [0.25, 0.3) is 0 Å². The number of rotatable bonds is 3. The van der Waals surface area contributed by atoms with Gasteiger partial charge in [-0.2, -0.15) is 0 Å². The molecular weight excluding hydrogens is 190 g/mol. The van der Waals surface area contributed by atoms with Crippen LogP contribution in [0.1, 0.15) is 51.4 Å². The zero-order valence-corrected chi connectivity index (χ0v) is 9.13. The summed E-state index contributed by atoms with van der Waals surface area (Å²) in [6, 6.07) is 0. The quantitative estimate of drug-likeness (QED) is 0.720. The summed E-state index contributed by atoms with van der Waals surface area (Å²) in [5.74, 6) is 0.270. The van der Waals surface area contributed by atoms with E-state index in [-0.39, 0.29) is 17.4 Å². The van der Waals surface area contributed by atoms with Gasteiger partial charge in [0.15, 0.2) is 0 Å². The molecule has 2 fully saturated rings. The average molecular weight is 209 g/mol. The third kappa shape index (κ3) is 2.21. The Morgan fingerprint density at radius 1 is 1.33 bits per heavy atom. The zero-order valence-electron chi connectivity index (χ0n) is 9.13. The fraction of sp³-hybridized carbons (Fsp3) is 0.833. The Kier molecular flexibility index (Phi) is 3.08. The first kappa shape index (κ1) is 10.7. The number of hydrogen-bond acceptors (Lipinski definition) is 2. The minimum absolute atomic E-state index is 0.0910. The Hall–Kier alpha value is -0.860. The molecule has 0 aromatic rings. The SMILES string of the molecule is O=CCCC1CC2(CCCCC2)NC1=O. The van der Waals surface area contributed by atoms with Crippen LogP contribution >= 0.6 is 0 Å². The summed E-state index contributed by atoms with van der Waals surface area (Å²) in [4.78, 5) is 22.0. The number of aldehydes is 1. The zero-order chi connectivity index (χ0) is 10.7. The first-order valence-corrected chi connectivity index (χ1v) is 6.01. The molecule has 84 valence electrons. The summed E-state index contributed by atoms with van der Waals surface area (Å²) in [6.07, 6.45) is 9.18. The van der Waals surface area contributed by atoms with Crippen molar-refractivity contribution in [1.29, 1.82) is 0 Å². The van der Waals surface area contributed by atoms with Gasteiger partial charge in [-0.3, -0.25) is 4.79 Å². The molecule has 0 bridgehead atoms. The molecule has 1 atom stereocenters. The number of nitrogens with one attached hydrogen (secondary N) is 1. The second-order valence-electron chi connectivity index (χ2n) is 4.98. The van der Waals surface area contributed by atoms with Crippen LogP contribution in [0.4, 0.5) is 0 Å². The summed E-state index contributed by atoms with van der Waals surface area (Å²) >= 11 is 0. The van der Waals surface area contributed by atoms with Crippen molar-refractivity contribution < 1.29 is 9.59 Å². The molecule has 1 spiro atoms. The Labute approximate surface area is 90.6 Å². The monoisotopic (exact) mass is 209 g/mol. The minimum atomic E-state index is 0.0910. The van der Waals surface area contributed by atoms with Gasteiger partial charge in [0, 0.05) is 17.9 Å². The lowest BCUT2D eigenvalue weighted by molar-refractivity contribution is -0.123. The number of carbonyl (C=O) groups is 2. The van der Waals surface area contributed by atoms with Gasteiger partial charge in [-0.25, -0.2) is 0 Å². The number of carbonyl (C=O) groups excluding carboxylic acids is 2. The van der Waals surface area contributed by atoms with E-state index in [0.29, 0.717) is 6.42 Å². The highest BCUT2D eigenvalue weighted by molar-refractivity contribution is 5.82. The molecule has 1 N–H and O–H groups in total. The molecule has 2 aliphatic rings. The van der Waals surface area contributed by atoms with Crippen molar-refractivity contribution in [3.05, 3.63) is 0 Å². The van der Waals surface area contributed by atoms with Gasteiger partial charge in [0.05, 0.1) is 0 Å². The smallest absolute Gasteiger partial charge is 0.223 e. The molecule has 1 heterocycles. The number of hydrogen-bond donors (Lipinski definition) is 1. The van der Waals surface area contributed by atoms with Gasteiger partial charge >= 0.3 is 0 Å². The fourth-order valence-electron chi connectivity index (χ4n) is 3.04. The number of amides is 1. The Morgan fingerprint density at radius 3 is 2.73 bits per heavy atom. The molecule has 3 heteroatoms. The normalized spacial score (nSPS) is 29.1. The van der Waals surface area contributed by atoms with E-state index in [2.05, 4.69) is 5.32 Å². The average Bonchev–Trinajstić information content (AvgIpc) is 2.53. The van der Waals surface area contributed by atoms with Crippen molar-refractivity contribution >= 4 is 12.2 Å². The molecule has 1 saturated carbocycles. The van der Waals surface area contributed by atoms with Crippen LogP contribution in [-0.2, 0) is 9.59 Å². The Bertz CT molecular complexity index is 256. The minimum Gasteiger partial charge on any atom is -0.350 e. The largest absolute Gasteiger partial charge is 0.350 e. The molecule has 3 nitrogen and oxygen atoms in total. The van der Waals surface area contributed by atoms with E-state index in [0.717, 1.165) is 32.0 Å². The highest BCUT2D eigenvalue weighted by Gasteiger charge is 2.43. The van der Waals surface area contributed by atoms with Crippen LogP contribution in [0.15, 0.2) is 0 Å². The molecule has 15 heavy (non-hydrogen) atoms. The summed E-state index contributed by atoms with van der Waals surface area (Å²) in [7, 11) is 0. The van der Waals surface area contributed by atoms with Gasteiger partial charge in [-0.05, 0) is 25.7 Å². The molecule has 1 amide bonds. The van der Waals surface area contributed by atoms with Crippen LogP contribution in [-0.4, -0.2) is 17.7 Å². The van der Waals surface area contributed by atoms with Crippen LogP contribution in [0.3, 0.4) is 0 Å². The van der Waals surface area contributed by atoms with E-state index in [4.69, 9.17) is 0 Å². The maximum absolute atomic E-state index is 11.7. The van der Waals surface area contributed by atoms with Crippen LogP contribution < -0.4 is 5.32 Å². The molecule has 0 aromatic heterocycles. The topological polar surface area (TPSA) is 46.2 Å². The molecule has 1 unspecified atom stereocenters. The summed E-state index contributed by atoms with van der Waals surface area (Å²) in [6.45, 7) is 0. The second-order valence-corrected chi connectivity index (χ2v) is 4.98. The van der Waals surface area contributed by atoms with Crippen LogP contribution in [0, 0.1) is 5.92 Å². The molecule has 2 rings (SSSR count). The molecule has 0 aromatic carbocycles. The van der Waals surface area contributed by atoms with Crippen molar-refractivity contribution in [2.24, 2.45) is 5.92 Å². The van der Waals surface area contributed by atoms with E-state index in [1.54, 1.807) is 0 Å². The third-order valence-corrected chi connectivity index (χ3v) is 3.84. The van der Waals surface area contributed by atoms with Crippen molar-refractivity contribution in [2.45, 2.75) is 56.9 Å². The third-order valence-electron chi connectivity index (χ3n) is 3.84. The first-order valence-electron chi connectivity index (χ1n) is 6.01. The molecule has 1 aliphatic heterocycles. The molecule has 0 radical (unpaired) electrons.